The van der Waals surface area contributed by atoms with Crippen LogP contribution in [0.2, 0.25) is 0 Å². The normalized spacial score (nSPS) is 10.5. The first-order chi connectivity index (χ1) is 9.70. The summed E-state index contributed by atoms with van der Waals surface area (Å²) in [6.07, 6.45) is 15.9. The number of hydrogen-bond donors (Lipinski definition) is 1. The molecule has 0 saturated carbocycles. The molecule has 118 valence electrons. The maximum atomic E-state index is 4.15. The third kappa shape index (κ3) is 13.7. The lowest BCUT2D eigenvalue weighted by Crippen LogP contribution is -2.15. The SMILES string of the molecule is C=C(CCCCCCCCCCC)CNC(=C)CCC. The standard InChI is InChI=1S/C19H37N/c1-5-7-8-9-10-11-12-13-14-16-18(3)17-20-19(4)15-6-2/h20H,3-17H2,1-2H3. The Labute approximate surface area is 127 Å². The zero-order valence-electron chi connectivity index (χ0n) is 14.1. The second-order valence-corrected chi connectivity index (χ2v) is 6.04. The van der Waals surface area contributed by atoms with Crippen LogP contribution in [-0.2, 0) is 0 Å². The summed E-state index contributed by atoms with van der Waals surface area (Å²) >= 11 is 0. The molecule has 0 atom stereocenters. The smallest absolute Gasteiger partial charge is 0.0354 e. The largest absolute Gasteiger partial charge is 0.385 e. The van der Waals surface area contributed by atoms with Gasteiger partial charge in [0.2, 0.25) is 0 Å². The number of rotatable bonds is 15. The molecule has 0 heterocycles. The molecule has 0 radical (unpaired) electrons. The van der Waals surface area contributed by atoms with Crippen LogP contribution in [0.3, 0.4) is 0 Å². The molecule has 0 aromatic carbocycles. The van der Waals surface area contributed by atoms with E-state index in [1.165, 1.54) is 69.8 Å². The Morgan fingerprint density at radius 3 is 1.80 bits per heavy atom. The molecule has 0 aliphatic heterocycles. The highest BCUT2D eigenvalue weighted by molar-refractivity contribution is 5.01. The molecule has 0 saturated heterocycles. The average molecular weight is 280 g/mol. The van der Waals surface area contributed by atoms with Crippen molar-refractivity contribution in [3.8, 4) is 0 Å². The first-order valence-electron chi connectivity index (χ1n) is 8.79. The van der Waals surface area contributed by atoms with E-state index < -0.39 is 0 Å². The maximum Gasteiger partial charge on any atom is 0.0354 e. The van der Waals surface area contributed by atoms with E-state index in [9.17, 15) is 0 Å². The molecule has 0 aliphatic rings. The van der Waals surface area contributed by atoms with Crippen LogP contribution in [0.15, 0.2) is 24.4 Å². The summed E-state index contributed by atoms with van der Waals surface area (Å²) in [4.78, 5) is 0. The highest BCUT2D eigenvalue weighted by Crippen LogP contribution is 2.12. The van der Waals surface area contributed by atoms with Crippen molar-refractivity contribution in [1.29, 1.82) is 0 Å². The Balaban J connectivity index is 3.25. The third-order valence-corrected chi connectivity index (χ3v) is 3.77. The lowest BCUT2D eigenvalue weighted by atomic mass is 10.0. The fourth-order valence-electron chi connectivity index (χ4n) is 2.41. The van der Waals surface area contributed by atoms with Crippen LogP contribution in [-0.4, -0.2) is 6.54 Å². The third-order valence-electron chi connectivity index (χ3n) is 3.77. The number of unbranched alkanes of at least 4 members (excludes halogenated alkanes) is 8. The van der Waals surface area contributed by atoms with Crippen molar-refractivity contribution in [2.24, 2.45) is 0 Å². The van der Waals surface area contributed by atoms with Crippen molar-refractivity contribution >= 4 is 0 Å². The van der Waals surface area contributed by atoms with Crippen LogP contribution in [0.5, 0.6) is 0 Å². The summed E-state index contributed by atoms with van der Waals surface area (Å²) in [5, 5.41) is 3.37. The van der Waals surface area contributed by atoms with Gasteiger partial charge in [-0.2, -0.15) is 0 Å². The van der Waals surface area contributed by atoms with Crippen molar-refractivity contribution in [3.63, 3.8) is 0 Å². The number of nitrogens with one attached hydrogen (secondary N) is 1. The van der Waals surface area contributed by atoms with Gasteiger partial charge in [-0.3, -0.25) is 0 Å². The van der Waals surface area contributed by atoms with Crippen LogP contribution in [0.25, 0.3) is 0 Å². The monoisotopic (exact) mass is 279 g/mol. The summed E-state index contributed by atoms with van der Waals surface area (Å²) in [5.74, 6) is 0. The van der Waals surface area contributed by atoms with Crippen LogP contribution in [0.1, 0.15) is 90.9 Å². The van der Waals surface area contributed by atoms with Gasteiger partial charge in [0.15, 0.2) is 0 Å². The summed E-state index contributed by atoms with van der Waals surface area (Å²) < 4.78 is 0. The average Bonchev–Trinajstić information content (AvgIpc) is 2.43. The zero-order valence-corrected chi connectivity index (χ0v) is 14.1. The Kier molecular flexibility index (Phi) is 14.2. The first-order valence-corrected chi connectivity index (χ1v) is 8.79. The quantitative estimate of drug-likeness (QED) is 0.271. The van der Waals surface area contributed by atoms with Crippen LogP contribution < -0.4 is 5.32 Å². The first kappa shape index (κ1) is 19.3. The Hall–Kier alpha value is -0.720. The molecule has 0 rings (SSSR count). The van der Waals surface area contributed by atoms with Crippen molar-refractivity contribution in [1.82, 2.24) is 5.32 Å². The van der Waals surface area contributed by atoms with Crippen LogP contribution >= 0.6 is 0 Å². The van der Waals surface area contributed by atoms with E-state index in [1.54, 1.807) is 0 Å². The molecule has 1 heteroatoms. The topological polar surface area (TPSA) is 12.0 Å². The lowest BCUT2D eigenvalue weighted by Gasteiger charge is -2.10. The number of hydrogen-bond acceptors (Lipinski definition) is 1. The molecule has 0 aliphatic carbocycles. The van der Waals surface area contributed by atoms with E-state index in [0.29, 0.717) is 0 Å². The predicted octanol–water partition coefficient (Wildman–Crippen LogP) is 6.37. The minimum atomic E-state index is 0.913. The van der Waals surface area contributed by atoms with E-state index in [1.807, 2.05) is 0 Å². The molecule has 0 unspecified atom stereocenters. The van der Waals surface area contributed by atoms with Gasteiger partial charge in [-0.15, -0.1) is 0 Å². The molecule has 20 heavy (non-hydrogen) atoms. The molecule has 0 bridgehead atoms. The van der Waals surface area contributed by atoms with E-state index in [2.05, 4.69) is 32.3 Å². The highest BCUT2D eigenvalue weighted by atomic mass is 14.9. The maximum absolute atomic E-state index is 4.15. The molecule has 0 fully saturated rings. The van der Waals surface area contributed by atoms with Gasteiger partial charge < -0.3 is 5.32 Å². The Bertz CT molecular complexity index is 242. The molecule has 0 aromatic heterocycles. The summed E-state index contributed by atoms with van der Waals surface area (Å²) in [7, 11) is 0. The Morgan fingerprint density at radius 1 is 0.700 bits per heavy atom. The van der Waals surface area contributed by atoms with Gasteiger partial charge in [0, 0.05) is 12.2 Å². The molecule has 1 nitrogen and oxygen atoms in total. The second kappa shape index (κ2) is 14.7. The van der Waals surface area contributed by atoms with Gasteiger partial charge in [-0.1, -0.05) is 90.4 Å². The minimum Gasteiger partial charge on any atom is -0.385 e. The van der Waals surface area contributed by atoms with Gasteiger partial charge in [0.05, 0.1) is 0 Å². The van der Waals surface area contributed by atoms with E-state index in [4.69, 9.17) is 0 Å². The van der Waals surface area contributed by atoms with Crippen LogP contribution in [0.4, 0.5) is 0 Å². The van der Waals surface area contributed by atoms with Crippen molar-refractivity contribution in [3.05, 3.63) is 24.4 Å². The van der Waals surface area contributed by atoms with Crippen molar-refractivity contribution < 1.29 is 0 Å². The fourth-order valence-corrected chi connectivity index (χ4v) is 2.41. The summed E-state index contributed by atoms with van der Waals surface area (Å²) in [6, 6.07) is 0. The van der Waals surface area contributed by atoms with Crippen molar-refractivity contribution in [2.45, 2.75) is 90.9 Å². The van der Waals surface area contributed by atoms with E-state index >= 15 is 0 Å². The van der Waals surface area contributed by atoms with Crippen LogP contribution in [0, 0.1) is 0 Å². The van der Waals surface area contributed by atoms with Gasteiger partial charge >= 0.3 is 0 Å². The summed E-state index contributed by atoms with van der Waals surface area (Å²) in [5.41, 5.74) is 2.48. The zero-order chi connectivity index (χ0) is 15.1. The molecule has 0 spiro atoms. The van der Waals surface area contributed by atoms with Gasteiger partial charge in [-0.05, 0) is 19.3 Å². The molecule has 0 aromatic rings. The second-order valence-electron chi connectivity index (χ2n) is 6.04. The fraction of sp³-hybridized carbons (Fsp3) is 0.789. The van der Waals surface area contributed by atoms with Gasteiger partial charge in [0.25, 0.3) is 0 Å². The van der Waals surface area contributed by atoms with Gasteiger partial charge in [-0.25, -0.2) is 0 Å². The van der Waals surface area contributed by atoms with Crippen molar-refractivity contribution in [2.75, 3.05) is 6.54 Å². The predicted molar refractivity (Wildman–Crippen MR) is 93.0 cm³/mol. The molecule has 0 amide bonds. The molecular formula is C19H37N. The lowest BCUT2D eigenvalue weighted by molar-refractivity contribution is 0.563. The van der Waals surface area contributed by atoms with E-state index in [0.717, 1.165) is 25.1 Å². The molecule has 1 N–H and O–H groups in total. The highest BCUT2D eigenvalue weighted by Gasteiger charge is 1.97. The minimum absolute atomic E-state index is 0.913. The molecular weight excluding hydrogens is 242 g/mol. The Morgan fingerprint density at radius 2 is 1.25 bits per heavy atom. The number of allylic oxidation sites excluding steroid dienone is 1. The van der Waals surface area contributed by atoms with Gasteiger partial charge in [0.1, 0.15) is 0 Å². The van der Waals surface area contributed by atoms with E-state index in [-0.39, 0.29) is 0 Å². The summed E-state index contributed by atoms with van der Waals surface area (Å²) in [6.45, 7) is 13.5.